The lowest BCUT2D eigenvalue weighted by Crippen LogP contribution is -2.03. The zero-order valence-corrected chi connectivity index (χ0v) is 72.4. The first-order valence-electron chi connectivity index (χ1n) is 39.4. The van der Waals surface area contributed by atoms with E-state index in [-0.39, 0.29) is 177 Å². The number of benzene rings is 12. The molecule has 0 saturated carbocycles. The fourth-order valence-electron chi connectivity index (χ4n) is 13.5. The van der Waals surface area contributed by atoms with Crippen molar-refractivity contribution < 1.29 is 185 Å². The fourth-order valence-corrected chi connectivity index (χ4v) is 13.5. The maximum Gasteiger partial charge on any atom is 0.335 e. The molecule has 139 heavy (non-hydrogen) atoms. The van der Waals surface area contributed by atoms with Crippen molar-refractivity contribution in [2.75, 3.05) is 0 Å². The Morgan fingerprint density at radius 3 is 0.683 bits per heavy atom. The molecule has 0 saturated heterocycles. The summed E-state index contributed by atoms with van der Waals surface area (Å²) in [4.78, 5) is 207. The Kier molecular flexibility index (Phi) is 37.3. The number of carbonyl (C=O) groups excluding carboxylic acids is 9. The van der Waals surface area contributed by atoms with Crippen molar-refractivity contribution in [3.8, 4) is 108 Å². The van der Waals surface area contributed by atoms with Gasteiger partial charge >= 0.3 is 59.7 Å². The van der Waals surface area contributed by atoms with Crippen molar-refractivity contribution in [1.29, 1.82) is 0 Å². The topological polar surface area (TPSA) is 610 Å². The van der Waals surface area contributed by atoms with E-state index in [1.165, 1.54) is 152 Å². The van der Waals surface area contributed by atoms with Crippen molar-refractivity contribution in [2.45, 2.75) is 40.5 Å². The highest BCUT2D eigenvalue weighted by Gasteiger charge is 2.22. The summed E-state index contributed by atoms with van der Waals surface area (Å²) in [6.07, 6.45) is 3.69. The first-order chi connectivity index (χ1) is 66.3. The number of hydrogen-bond donors (Lipinski definition) is 10. The largest absolute Gasteiger partial charge is 0.478 e. The second-order valence-corrected chi connectivity index (χ2v) is 28.7. The van der Waals surface area contributed by atoms with Crippen LogP contribution in [0.1, 0.15) is 159 Å². The molecule has 38 nitrogen and oxygen atoms in total. The van der Waals surface area contributed by atoms with E-state index in [9.17, 15) is 101 Å². The molecule has 704 valence electrons. The Bertz CT molecular complexity index is 6570. The molecule has 0 spiro atoms. The lowest BCUT2D eigenvalue weighted by molar-refractivity contribution is -0.121. The Balaban J connectivity index is 0.000000217. The number of ether oxygens (including phenoxy) is 9. The molecular weight excluding hydrogens is 1820 g/mol. The summed E-state index contributed by atoms with van der Waals surface area (Å²) >= 11 is 0. The average Bonchev–Trinajstić information content (AvgIpc) is 0.780. The summed E-state index contributed by atoms with van der Waals surface area (Å²) in [6, 6.07) is 50.8. The molecule has 0 atom stereocenters. The maximum atomic E-state index is 11.7. The third-order valence-electron chi connectivity index (χ3n) is 19.2. The van der Waals surface area contributed by atoms with Crippen molar-refractivity contribution >= 4 is 130 Å². The van der Waals surface area contributed by atoms with E-state index in [4.69, 9.17) is 59.8 Å². The Hall–Kier alpha value is -20.1. The first kappa shape index (κ1) is 104. The highest BCUT2D eigenvalue weighted by molar-refractivity contribution is 5.97. The van der Waals surface area contributed by atoms with E-state index in [2.05, 4.69) is 35.5 Å². The van der Waals surface area contributed by atoms with Crippen LogP contribution in [0.4, 0.5) is 0 Å². The third kappa shape index (κ3) is 30.5. The van der Waals surface area contributed by atoms with Crippen LogP contribution in [0.5, 0.6) is 51.7 Å². The minimum atomic E-state index is -1.24. The van der Waals surface area contributed by atoms with E-state index in [0.29, 0.717) is 57.3 Å². The number of carboxylic acids is 10. The molecule has 38 heteroatoms. The molecule has 0 aliphatic carbocycles. The quantitative estimate of drug-likeness (QED) is 0.00982. The molecule has 12 aromatic carbocycles. The van der Waals surface area contributed by atoms with Gasteiger partial charge in [0.25, 0.3) is 58.2 Å². The van der Waals surface area contributed by atoms with Crippen LogP contribution in [0, 0.1) is 39.5 Å². The molecular formula is C101H72O38. The lowest BCUT2D eigenvalue weighted by atomic mass is 9.87. The number of rotatable bonds is 37. The number of hydrogen-bond acceptors (Lipinski definition) is 28. The smallest absolute Gasteiger partial charge is 0.335 e. The Labute approximate surface area is 783 Å². The summed E-state index contributed by atoms with van der Waals surface area (Å²) < 4.78 is 42.6. The molecule has 10 N–H and O–H groups in total. The Morgan fingerprint density at radius 2 is 0.424 bits per heavy atom. The van der Waals surface area contributed by atoms with Gasteiger partial charge in [0.05, 0.1) is 55.6 Å². The molecule has 0 amide bonds. The van der Waals surface area contributed by atoms with Gasteiger partial charge in [0, 0.05) is 11.1 Å². The number of carbonyl (C=O) groups is 19. The van der Waals surface area contributed by atoms with Crippen LogP contribution in [0.15, 0.2) is 212 Å². The molecule has 0 aliphatic rings. The van der Waals surface area contributed by atoms with E-state index in [1.54, 1.807) is 36.4 Å². The second-order valence-electron chi connectivity index (χ2n) is 28.7. The van der Waals surface area contributed by atoms with Crippen molar-refractivity contribution in [2.24, 2.45) is 0 Å². The van der Waals surface area contributed by atoms with Crippen LogP contribution in [-0.2, 0) is 56.0 Å². The summed E-state index contributed by atoms with van der Waals surface area (Å²) in [5, 5.41) is 91.5. The van der Waals surface area contributed by atoms with Gasteiger partial charge in [0.15, 0.2) is 0 Å². The summed E-state index contributed by atoms with van der Waals surface area (Å²) in [5.41, 5.74) is 11.5. The second kappa shape index (κ2) is 49.8. The van der Waals surface area contributed by atoms with Gasteiger partial charge in [-0.1, -0.05) is 60.4 Å². The van der Waals surface area contributed by atoms with E-state index in [0.717, 1.165) is 56.6 Å². The first-order valence-corrected chi connectivity index (χ1v) is 39.4. The molecule has 12 rings (SSSR count). The monoisotopic (exact) mass is 1890 g/mol. The van der Waals surface area contributed by atoms with E-state index in [1.807, 2.05) is 52.0 Å². The predicted molar refractivity (Wildman–Crippen MR) is 484 cm³/mol. The molecule has 0 aromatic heterocycles. The van der Waals surface area contributed by atoms with Gasteiger partial charge in [-0.25, -0.2) is 47.9 Å². The third-order valence-corrected chi connectivity index (χ3v) is 19.2. The van der Waals surface area contributed by atoms with Gasteiger partial charge in [-0.15, -0.1) is 0 Å². The molecule has 0 unspecified atom stereocenters. The summed E-state index contributed by atoms with van der Waals surface area (Å²) in [7, 11) is 0. The van der Waals surface area contributed by atoms with Gasteiger partial charge in [-0.05, 0) is 305 Å². The lowest BCUT2D eigenvalue weighted by Gasteiger charge is -2.17. The fraction of sp³-hybridized carbons (Fsp3) is 0.0594. The number of carboxylic acid groups (broad SMARTS) is 10. The highest BCUT2D eigenvalue weighted by Crippen LogP contribution is 2.40. The van der Waals surface area contributed by atoms with Gasteiger partial charge in [0.2, 0.25) is 0 Å². The Morgan fingerprint density at radius 1 is 0.216 bits per heavy atom. The minimum Gasteiger partial charge on any atom is -0.478 e. The zero-order valence-electron chi connectivity index (χ0n) is 72.4. The highest BCUT2D eigenvalue weighted by atomic mass is 16.6. The van der Waals surface area contributed by atoms with Gasteiger partial charge < -0.3 is 93.7 Å². The normalized spacial score (nSPS) is 10.1. The standard InChI is InChI=1S/C32H26O8.C18H14O8.C18H12O8.C18H10O8.C15H10O6/c1-17-5-21(6-18(2)29(17)23-9-25(31(35)36)13-27(11-23)39-15-33)22-7-19(3)30(20(4)8-22)24-10-26(32(37)38)14-28(12-24)40-16-34;3*19-9-25-15-5-11(3-13(7-15)17(21)22)1-2-12-4-14(18(23)24)8-16(6-12)26-10-20;16-8-21-13-6-11(5-12(7-13)15(19)20)9-1-3-10(4-2-9)14(17)18/h5-16H,1-4H3,(H,35,36)(H,37,38);3-10H,1-2H2,(H,21,22)(H,23,24);1-10H,(H,21,22)(H,23,24);3-10H,(H,21,22)(H,23,24);1-8H,(H,17,18)(H,19,20)/b;;2-1+;;. The van der Waals surface area contributed by atoms with E-state index >= 15 is 0 Å². The van der Waals surface area contributed by atoms with Gasteiger partial charge in [-0.2, -0.15) is 0 Å². The average molecular weight is 1890 g/mol. The molecule has 0 bridgehead atoms. The van der Waals surface area contributed by atoms with Gasteiger partial charge in [-0.3, -0.25) is 43.2 Å². The maximum absolute atomic E-state index is 11.7. The van der Waals surface area contributed by atoms with Crippen LogP contribution in [-0.4, -0.2) is 169 Å². The van der Waals surface area contributed by atoms with Crippen molar-refractivity contribution in [3.05, 3.63) is 324 Å². The van der Waals surface area contributed by atoms with Crippen molar-refractivity contribution in [1.82, 2.24) is 0 Å². The van der Waals surface area contributed by atoms with Crippen LogP contribution < -0.4 is 42.6 Å². The predicted octanol–water partition coefficient (Wildman–Crippen LogP) is 14.5. The van der Waals surface area contributed by atoms with Crippen LogP contribution in [0.2, 0.25) is 0 Å². The zero-order chi connectivity index (χ0) is 102. The van der Waals surface area contributed by atoms with Crippen LogP contribution in [0.3, 0.4) is 0 Å². The molecule has 0 radical (unpaired) electrons. The SMILES string of the molecule is Cc1cc(-c2cc(C)c(-c3cc(OC=O)cc(C(=O)O)c3)c(C)c2)cc(C)c1-c1cc(OC=O)cc(C(=O)O)c1.O=COc1cc(/C=C/c2cc(OC=O)cc(C(=O)O)c2)cc(C(=O)O)c1.O=COc1cc(C#Cc2cc(OC=O)cc(C(=O)O)c2)cc(C(=O)O)c1.O=COc1cc(C(=O)O)cc(-c2ccc(C(=O)O)cc2)c1.O=COc1cc(CCc2cc(OC=O)cc(C(=O)O)c2)cc(C(=O)O)c1. The minimum absolute atomic E-state index is 0.00605. The summed E-state index contributed by atoms with van der Waals surface area (Å²) in [5.74, 6) is -5.74. The van der Waals surface area contributed by atoms with Crippen molar-refractivity contribution in [3.63, 3.8) is 0 Å². The molecule has 0 fully saturated rings. The number of aromatic carboxylic acids is 10. The van der Waals surface area contributed by atoms with Gasteiger partial charge in [0.1, 0.15) is 51.7 Å². The van der Waals surface area contributed by atoms with E-state index < -0.39 is 59.7 Å². The molecule has 0 aliphatic heterocycles. The molecule has 0 heterocycles. The summed E-state index contributed by atoms with van der Waals surface area (Å²) in [6.45, 7) is 9.49. The molecule has 12 aromatic rings. The van der Waals surface area contributed by atoms with Crippen LogP contribution in [0.25, 0.3) is 56.7 Å². The van der Waals surface area contributed by atoms with Crippen LogP contribution >= 0.6 is 0 Å². The number of aryl methyl sites for hydroxylation is 6.